The van der Waals surface area contributed by atoms with E-state index in [1.54, 1.807) is 49.5 Å². The maximum Gasteiger partial charge on any atom is 0.191 e. The summed E-state index contributed by atoms with van der Waals surface area (Å²) in [6.07, 6.45) is 3.03. The van der Waals surface area contributed by atoms with E-state index in [1.807, 2.05) is 0 Å². The number of halogens is 2. The first-order chi connectivity index (χ1) is 10.5. The van der Waals surface area contributed by atoms with Crippen LogP contribution in [0.25, 0.3) is 0 Å². The van der Waals surface area contributed by atoms with Gasteiger partial charge in [-0.2, -0.15) is 0 Å². The Hall–Kier alpha value is -2.33. The van der Waals surface area contributed by atoms with Gasteiger partial charge in [0.25, 0.3) is 0 Å². The molecule has 0 saturated heterocycles. The Balaban J connectivity index is 2.31. The largest absolute Gasteiger partial charge is 0.456 e. The third-order valence-corrected chi connectivity index (χ3v) is 3.03. The minimum atomic E-state index is -0.475. The summed E-state index contributed by atoms with van der Waals surface area (Å²) in [7, 11) is 3.61. The van der Waals surface area contributed by atoms with Crippen LogP contribution >= 0.6 is 11.6 Å². The van der Waals surface area contributed by atoms with Gasteiger partial charge in [0.2, 0.25) is 0 Å². The molecule has 0 heterocycles. The molecule has 3 nitrogen and oxygen atoms in total. The second-order valence-electron chi connectivity index (χ2n) is 4.84. The van der Waals surface area contributed by atoms with E-state index in [1.165, 1.54) is 24.3 Å². The lowest BCUT2D eigenvalue weighted by atomic mass is 10.1. The van der Waals surface area contributed by atoms with Gasteiger partial charge >= 0.3 is 0 Å². The first kappa shape index (κ1) is 16.0. The number of nitrogens with zero attached hydrogens (tertiary/aromatic N) is 1. The number of ether oxygens (including phenoxy) is 1. The van der Waals surface area contributed by atoms with Gasteiger partial charge < -0.3 is 9.64 Å². The minimum Gasteiger partial charge on any atom is -0.456 e. The molecular weight excluding hydrogens is 305 g/mol. The number of carbonyl (C=O) groups is 1. The SMILES string of the molecule is CN(C)/C=C/C(=O)c1ccc(F)cc1Oc1ccc(Cl)cc1. The van der Waals surface area contributed by atoms with Crippen LogP contribution in [-0.2, 0) is 0 Å². The van der Waals surface area contributed by atoms with Gasteiger partial charge in [-0.1, -0.05) is 11.6 Å². The standard InChI is InChI=1S/C17H15ClFNO2/c1-20(2)10-9-16(21)15-8-5-13(19)11-17(15)22-14-6-3-12(18)4-7-14/h3-11H,1-2H3/b10-9+. The van der Waals surface area contributed by atoms with E-state index in [4.69, 9.17) is 16.3 Å². The molecule has 0 aliphatic heterocycles. The zero-order valence-electron chi connectivity index (χ0n) is 12.2. The fraction of sp³-hybridized carbons (Fsp3) is 0.118. The van der Waals surface area contributed by atoms with Gasteiger partial charge in [0.1, 0.15) is 17.3 Å². The Morgan fingerprint density at radius 2 is 1.86 bits per heavy atom. The molecule has 0 N–H and O–H groups in total. The average molecular weight is 320 g/mol. The summed E-state index contributed by atoms with van der Waals surface area (Å²) in [6.45, 7) is 0. The molecule has 0 atom stereocenters. The first-order valence-electron chi connectivity index (χ1n) is 6.57. The summed E-state index contributed by atoms with van der Waals surface area (Å²) >= 11 is 5.81. The van der Waals surface area contributed by atoms with Crippen molar-refractivity contribution in [2.75, 3.05) is 14.1 Å². The Labute approximate surface area is 133 Å². The van der Waals surface area contributed by atoms with Crippen molar-refractivity contribution >= 4 is 17.4 Å². The quantitative estimate of drug-likeness (QED) is 0.599. The minimum absolute atomic E-state index is 0.163. The number of carbonyl (C=O) groups excluding carboxylic acids is 1. The van der Waals surface area contributed by atoms with Crippen LogP contribution in [0.2, 0.25) is 5.02 Å². The smallest absolute Gasteiger partial charge is 0.191 e. The van der Waals surface area contributed by atoms with E-state index in [0.717, 1.165) is 0 Å². The van der Waals surface area contributed by atoms with Crippen LogP contribution in [0.4, 0.5) is 4.39 Å². The van der Waals surface area contributed by atoms with Crippen LogP contribution in [0.5, 0.6) is 11.5 Å². The molecule has 0 aliphatic rings. The van der Waals surface area contributed by atoms with Gasteiger partial charge in [0, 0.05) is 37.5 Å². The molecule has 0 bridgehead atoms. The van der Waals surface area contributed by atoms with E-state index in [0.29, 0.717) is 10.8 Å². The highest BCUT2D eigenvalue weighted by Gasteiger charge is 2.12. The predicted molar refractivity (Wildman–Crippen MR) is 85.1 cm³/mol. The summed E-state index contributed by atoms with van der Waals surface area (Å²) < 4.78 is 19.1. The number of hydrogen-bond acceptors (Lipinski definition) is 3. The summed E-state index contributed by atoms with van der Waals surface area (Å²) in [4.78, 5) is 13.9. The number of hydrogen-bond donors (Lipinski definition) is 0. The van der Waals surface area contributed by atoms with Crippen molar-refractivity contribution < 1.29 is 13.9 Å². The molecule has 2 aromatic rings. The Morgan fingerprint density at radius 1 is 1.18 bits per heavy atom. The van der Waals surface area contributed by atoms with E-state index in [-0.39, 0.29) is 17.1 Å². The maximum absolute atomic E-state index is 13.5. The molecule has 0 fully saturated rings. The van der Waals surface area contributed by atoms with Gasteiger partial charge in [0.15, 0.2) is 5.78 Å². The molecule has 114 valence electrons. The maximum atomic E-state index is 13.5. The fourth-order valence-corrected chi connectivity index (χ4v) is 1.85. The van der Waals surface area contributed by atoms with Crippen LogP contribution < -0.4 is 4.74 Å². The molecule has 22 heavy (non-hydrogen) atoms. The van der Waals surface area contributed by atoms with Gasteiger partial charge in [-0.05, 0) is 36.4 Å². The third kappa shape index (κ3) is 4.33. The van der Waals surface area contributed by atoms with Gasteiger partial charge in [-0.3, -0.25) is 4.79 Å². The normalized spacial score (nSPS) is 10.7. The van der Waals surface area contributed by atoms with E-state index in [9.17, 15) is 9.18 Å². The lowest BCUT2D eigenvalue weighted by Gasteiger charge is -2.10. The van der Waals surface area contributed by atoms with Crippen LogP contribution in [0.15, 0.2) is 54.7 Å². The molecule has 0 amide bonds. The van der Waals surface area contributed by atoms with Crippen LogP contribution in [0, 0.1) is 5.82 Å². The average Bonchev–Trinajstić information content (AvgIpc) is 2.47. The van der Waals surface area contributed by atoms with Gasteiger partial charge in [-0.15, -0.1) is 0 Å². The molecule has 2 rings (SSSR count). The van der Waals surface area contributed by atoms with Gasteiger partial charge in [0.05, 0.1) is 5.56 Å². The van der Waals surface area contributed by atoms with Crippen LogP contribution in [-0.4, -0.2) is 24.8 Å². The topological polar surface area (TPSA) is 29.5 Å². The zero-order chi connectivity index (χ0) is 16.1. The molecule has 2 aromatic carbocycles. The molecule has 0 saturated carbocycles. The molecule has 0 aliphatic carbocycles. The predicted octanol–water partition coefficient (Wildman–Crippen LogP) is 4.53. The van der Waals surface area contributed by atoms with Crippen LogP contribution in [0.1, 0.15) is 10.4 Å². The summed E-state index contributed by atoms with van der Waals surface area (Å²) in [5, 5.41) is 0.566. The van der Waals surface area contributed by atoms with Crippen molar-refractivity contribution in [2.24, 2.45) is 0 Å². The van der Waals surface area contributed by atoms with Crippen molar-refractivity contribution in [2.45, 2.75) is 0 Å². The zero-order valence-corrected chi connectivity index (χ0v) is 13.0. The summed E-state index contributed by atoms with van der Waals surface area (Å²) in [6, 6.07) is 10.4. The van der Waals surface area contributed by atoms with Gasteiger partial charge in [-0.25, -0.2) is 4.39 Å². The van der Waals surface area contributed by atoms with Crippen molar-refractivity contribution in [3.63, 3.8) is 0 Å². The molecule has 0 spiro atoms. The summed E-state index contributed by atoms with van der Waals surface area (Å²) in [5.41, 5.74) is 0.287. The number of rotatable bonds is 5. The van der Waals surface area contributed by atoms with E-state index < -0.39 is 5.82 Å². The lowest BCUT2D eigenvalue weighted by molar-refractivity contribution is 0.104. The molecule has 5 heteroatoms. The van der Waals surface area contributed by atoms with E-state index >= 15 is 0 Å². The molecule has 0 radical (unpaired) electrons. The Bertz CT molecular complexity index is 696. The Morgan fingerprint density at radius 3 is 2.50 bits per heavy atom. The van der Waals surface area contributed by atoms with Crippen LogP contribution in [0.3, 0.4) is 0 Å². The number of benzene rings is 2. The molecule has 0 aromatic heterocycles. The summed E-state index contributed by atoms with van der Waals surface area (Å²) in [5.74, 6) is -0.105. The molecular formula is C17H15ClFNO2. The number of allylic oxidation sites excluding steroid dienone is 1. The fourth-order valence-electron chi connectivity index (χ4n) is 1.72. The second kappa shape index (κ2) is 7.09. The van der Waals surface area contributed by atoms with Crippen molar-refractivity contribution in [3.05, 3.63) is 71.1 Å². The van der Waals surface area contributed by atoms with Crippen molar-refractivity contribution in [1.82, 2.24) is 4.90 Å². The Kier molecular flexibility index (Phi) is 5.17. The number of ketones is 1. The highest BCUT2D eigenvalue weighted by Crippen LogP contribution is 2.28. The lowest BCUT2D eigenvalue weighted by Crippen LogP contribution is -2.04. The monoisotopic (exact) mass is 319 g/mol. The molecule has 0 unspecified atom stereocenters. The first-order valence-corrected chi connectivity index (χ1v) is 6.95. The third-order valence-electron chi connectivity index (χ3n) is 2.77. The highest BCUT2D eigenvalue weighted by atomic mass is 35.5. The highest BCUT2D eigenvalue weighted by molar-refractivity contribution is 6.30. The van der Waals surface area contributed by atoms with Crippen molar-refractivity contribution in [1.29, 1.82) is 0 Å². The second-order valence-corrected chi connectivity index (χ2v) is 5.28. The van der Waals surface area contributed by atoms with Crippen molar-refractivity contribution in [3.8, 4) is 11.5 Å². The van der Waals surface area contributed by atoms with E-state index in [2.05, 4.69) is 0 Å².